The van der Waals surface area contributed by atoms with Crippen molar-refractivity contribution < 1.29 is 27.5 Å². The Morgan fingerprint density at radius 3 is 2.23 bits per heavy atom. The Morgan fingerprint density at radius 1 is 0.949 bits per heavy atom. The number of carbonyl (C=O) groups excluding carboxylic acids is 2. The first-order valence-electron chi connectivity index (χ1n) is 12.1. The monoisotopic (exact) mass is 573 g/mol. The number of rotatable bonds is 12. The molecular formula is C28H32ClN3O6S. The molecule has 0 bridgehead atoms. The highest BCUT2D eigenvalue weighted by Gasteiger charge is 2.32. The van der Waals surface area contributed by atoms with Crippen molar-refractivity contribution in [3.8, 4) is 11.5 Å². The Morgan fingerprint density at radius 2 is 1.64 bits per heavy atom. The molecule has 3 rings (SSSR count). The lowest BCUT2D eigenvalue weighted by atomic mass is 10.0. The van der Waals surface area contributed by atoms with Crippen LogP contribution in [0.4, 0.5) is 5.69 Å². The molecule has 208 valence electrons. The normalized spacial score (nSPS) is 11.8. The molecule has 0 aromatic heterocycles. The highest BCUT2D eigenvalue weighted by molar-refractivity contribution is 7.92. The van der Waals surface area contributed by atoms with Gasteiger partial charge in [-0.3, -0.25) is 13.9 Å². The molecule has 0 radical (unpaired) electrons. The molecule has 0 aliphatic heterocycles. The second-order valence-electron chi connectivity index (χ2n) is 8.78. The third-order valence-electron chi connectivity index (χ3n) is 6.11. The number of carbonyl (C=O) groups is 2. The van der Waals surface area contributed by atoms with E-state index in [1.165, 1.54) is 44.4 Å². The van der Waals surface area contributed by atoms with Crippen LogP contribution in [0.1, 0.15) is 11.1 Å². The third kappa shape index (κ3) is 7.87. The van der Waals surface area contributed by atoms with E-state index in [2.05, 4.69) is 5.32 Å². The van der Waals surface area contributed by atoms with Crippen molar-refractivity contribution in [1.29, 1.82) is 0 Å². The number of hydrogen-bond donors (Lipinski definition) is 1. The number of nitrogens with zero attached hydrogens (tertiary/aromatic N) is 2. The molecular weight excluding hydrogens is 542 g/mol. The Labute approximate surface area is 234 Å². The van der Waals surface area contributed by atoms with Gasteiger partial charge in [0.15, 0.2) is 0 Å². The fourth-order valence-corrected chi connectivity index (χ4v) is 5.21. The lowest BCUT2D eigenvalue weighted by Crippen LogP contribution is -2.52. The fourth-order valence-electron chi connectivity index (χ4n) is 4.11. The maximum absolute atomic E-state index is 13.9. The van der Waals surface area contributed by atoms with Gasteiger partial charge in [0.05, 0.1) is 31.2 Å². The van der Waals surface area contributed by atoms with Crippen LogP contribution in [-0.2, 0) is 32.6 Å². The van der Waals surface area contributed by atoms with E-state index < -0.39 is 28.5 Å². The molecule has 1 unspecified atom stereocenters. The first-order chi connectivity index (χ1) is 18.6. The number of likely N-dealkylation sites (N-methyl/N-ethyl adjacent to an activating group) is 1. The van der Waals surface area contributed by atoms with E-state index in [4.69, 9.17) is 21.1 Å². The van der Waals surface area contributed by atoms with Gasteiger partial charge in [-0.25, -0.2) is 8.42 Å². The van der Waals surface area contributed by atoms with Crippen LogP contribution in [0.3, 0.4) is 0 Å². The summed E-state index contributed by atoms with van der Waals surface area (Å²) in [6.45, 7) is -0.504. The third-order valence-corrected chi connectivity index (χ3v) is 7.54. The van der Waals surface area contributed by atoms with Crippen molar-refractivity contribution >= 4 is 39.1 Å². The zero-order chi connectivity index (χ0) is 28.6. The van der Waals surface area contributed by atoms with Crippen molar-refractivity contribution in [1.82, 2.24) is 10.2 Å². The van der Waals surface area contributed by atoms with Crippen LogP contribution in [0.25, 0.3) is 0 Å². The van der Waals surface area contributed by atoms with Crippen molar-refractivity contribution in [2.75, 3.05) is 38.4 Å². The summed E-state index contributed by atoms with van der Waals surface area (Å²) >= 11 is 6.25. The Bertz CT molecular complexity index is 1400. The van der Waals surface area contributed by atoms with Gasteiger partial charge in [-0.1, -0.05) is 54.1 Å². The quantitative estimate of drug-likeness (QED) is 0.355. The molecule has 9 nitrogen and oxygen atoms in total. The standard InChI is InChI=1S/C28H32ClN3O6S/c1-30-28(34)25(16-20-9-6-5-7-10-20)31(18-21-11-8-12-23(15-21)37-2)27(33)19-32(39(4,35)36)22-13-14-26(38-3)24(29)17-22/h5-15,17,25H,16,18-19H2,1-4H3,(H,30,34). The zero-order valence-corrected chi connectivity index (χ0v) is 23.8. The van der Waals surface area contributed by atoms with Crippen molar-refractivity contribution in [3.63, 3.8) is 0 Å². The molecule has 1 N–H and O–H groups in total. The molecule has 0 aliphatic rings. The lowest BCUT2D eigenvalue weighted by molar-refractivity contribution is -0.139. The molecule has 3 aromatic rings. The second kappa shape index (κ2) is 13.3. The van der Waals surface area contributed by atoms with E-state index in [-0.39, 0.29) is 29.6 Å². The van der Waals surface area contributed by atoms with Gasteiger partial charge < -0.3 is 19.7 Å². The van der Waals surface area contributed by atoms with Crippen LogP contribution in [0, 0.1) is 0 Å². The number of halogens is 1. The van der Waals surface area contributed by atoms with Gasteiger partial charge in [-0.05, 0) is 41.5 Å². The topological polar surface area (TPSA) is 105 Å². The van der Waals surface area contributed by atoms with Gasteiger partial charge in [0, 0.05) is 20.0 Å². The number of amides is 2. The minimum absolute atomic E-state index is 0.0436. The number of hydrogen-bond acceptors (Lipinski definition) is 6. The number of nitrogens with one attached hydrogen (secondary N) is 1. The summed E-state index contributed by atoms with van der Waals surface area (Å²) in [5, 5.41) is 2.84. The molecule has 1 atom stereocenters. The summed E-state index contributed by atoms with van der Waals surface area (Å²) < 4.78 is 37.1. The Balaban J connectivity index is 2.04. The molecule has 0 spiro atoms. The fraction of sp³-hybridized carbons (Fsp3) is 0.286. The van der Waals surface area contributed by atoms with Gasteiger partial charge in [0.25, 0.3) is 0 Å². The summed E-state index contributed by atoms with van der Waals surface area (Å²) in [7, 11) is 0.567. The summed E-state index contributed by atoms with van der Waals surface area (Å²) in [6.07, 6.45) is 1.23. The van der Waals surface area contributed by atoms with E-state index in [1.54, 1.807) is 18.2 Å². The number of methoxy groups -OCH3 is 2. The average molecular weight is 574 g/mol. The largest absolute Gasteiger partial charge is 0.497 e. The maximum atomic E-state index is 13.9. The van der Waals surface area contributed by atoms with E-state index in [0.717, 1.165) is 16.1 Å². The maximum Gasteiger partial charge on any atom is 0.244 e. The smallest absolute Gasteiger partial charge is 0.244 e. The van der Waals surface area contributed by atoms with E-state index in [0.29, 0.717) is 17.1 Å². The first kappa shape index (κ1) is 29.8. The van der Waals surface area contributed by atoms with Crippen molar-refractivity contribution in [2.24, 2.45) is 0 Å². The van der Waals surface area contributed by atoms with Crippen LogP contribution in [-0.4, -0.2) is 65.2 Å². The molecule has 0 aliphatic carbocycles. The number of benzene rings is 3. The van der Waals surface area contributed by atoms with Crippen molar-refractivity contribution in [2.45, 2.75) is 19.0 Å². The molecule has 39 heavy (non-hydrogen) atoms. The molecule has 0 saturated heterocycles. The predicted octanol–water partition coefficient (Wildman–Crippen LogP) is 3.51. The van der Waals surface area contributed by atoms with Crippen LogP contribution in [0.15, 0.2) is 72.8 Å². The minimum Gasteiger partial charge on any atom is -0.497 e. The van der Waals surface area contributed by atoms with Crippen LogP contribution in [0.2, 0.25) is 5.02 Å². The van der Waals surface area contributed by atoms with E-state index in [1.807, 2.05) is 36.4 Å². The second-order valence-corrected chi connectivity index (χ2v) is 11.1. The summed E-state index contributed by atoms with van der Waals surface area (Å²) in [4.78, 5) is 28.5. The average Bonchev–Trinajstić information content (AvgIpc) is 2.93. The molecule has 3 aromatic carbocycles. The SMILES string of the molecule is CNC(=O)C(Cc1ccccc1)N(Cc1cccc(OC)c1)C(=O)CN(c1ccc(OC)c(Cl)c1)S(C)(=O)=O. The Kier molecular flexibility index (Phi) is 10.2. The molecule has 0 fully saturated rings. The number of anilines is 1. The number of sulfonamides is 1. The van der Waals surface area contributed by atoms with Crippen LogP contribution < -0.4 is 19.1 Å². The minimum atomic E-state index is -3.91. The van der Waals surface area contributed by atoms with Crippen LogP contribution in [0.5, 0.6) is 11.5 Å². The van der Waals surface area contributed by atoms with Gasteiger partial charge in [0.2, 0.25) is 21.8 Å². The highest BCUT2D eigenvalue weighted by atomic mass is 35.5. The molecule has 0 heterocycles. The molecule has 2 amide bonds. The van der Waals surface area contributed by atoms with Gasteiger partial charge >= 0.3 is 0 Å². The number of ether oxygens (including phenoxy) is 2. The Hall–Kier alpha value is -3.76. The van der Waals surface area contributed by atoms with Crippen LogP contribution >= 0.6 is 11.6 Å². The molecule has 0 saturated carbocycles. The summed E-state index contributed by atoms with van der Waals surface area (Å²) in [5.41, 5.74) is 1.75. The van der Waals surface area contributed by atoms with Gasteiger partial charge in [-0.15, -0.1) is 0 Å². The first-order valence-corrected chi connectivity index (χ1v) is 14.3. The van der Waals surface area contributed by atoms with E-state index in [9.17, 15) is 18.0 Å². The zero-order valence-electron chi connectivity index (χ0n) is 22.3. The van der Waals surface area contributed by atoms with Crippen molar-refractivity contribution in [3.05, 3.63) is 88.9 Å². The predicted molar refractivity (Wildman–Crippen MR) is 152 cm³/mol. The highest BCUT2D eigenvalue weighted by Crippen LogP contribution is 2.30. The lowest BCUT2D eigenvalue weighted by Gasteiger charge is -2.33. The van der Waals surface area contributed by atoms with E-state index >= 15 is 0 Å². The summed E-state index contributed by atoms with van der Waals surface area (Å²) in [6, 6.07) is 20.0. The molecule has 11 heteroatoms. The summed E-state index contributed by atoms with van der Waals surface area (Å²) in [5.74, 6) is 0.000638. The van der Waals surface area contributed by atoms with Gasteiger partial charge in [0.1, 0.15) is 24.1 Å². The van der Waals surface area contributed by atoms with Gasteiger partial charge in [-0.2, -0.15) is 0 Å².